The Bertz CT molecular complexity index is 572. The summed E-state index contributed by atoms with van der Waals surface area (Å²) >= 11 is 3.57. The smallest absolute Gasteiger partial charge is 0.119 e. The third-order valence-electron chi connectivity index (χ3n) is 3.24. The van der Waals surface area contributed by atoms with Crippen LogP contribution >= 0.6 is 15.9 Å². The van der Waals surface area contributed by atoms with Crippen LogP contribution in [-0.4, -0.2) is 6.61 Å². The van der Waals surface area contributed by atoms with Gasteiger partial charge < -0.3 is 10.5 Å². The summed E-state index contributed by atoms with van der Waals surface area (Å²) in [6.45, 7) is 4.88. The van der Waals surface area contributed by atoms with Crippen LogP contribution in [0, 0.1) is 13.8 Å². The summed E-state index contributed by atoms with van der Waals surface area (Å²) in [4.78, 5) is 0. The molecule has 0 fully saturated rings. The number of anilines is 1. The zero-order valence-corrected chi connectivity index (χ0v) is 13.5. The Kier molecular flexibility index (Phi) is 5.07. The van der Waals surface area contributed by atoms with Crippen molar-refractivity contribution in [2.75, 3.05) is 12.3 Å². The highest BCUT2D eigenvalue weighted by Gasteiger charge is 2.03. The minimum atomic E-state index is 0.718. The quantitative estimate of drug-likeness (QED) is 0.638. The van der Waals surface area contributed by atoms with Gasteiger partial charge in [0.05, 0.1) is 6.61 Å². The first-order valence-corrected chi connectivity index (χ1v) is 7.59. The topological polar surface area (TPSA) is 35.2 Å². The number of hydrogen-bond acceptors (Lipinski definition) is 2. The van der Waals surface area contributed by atoms with Crippen molar-refractivity contribution in [3.05, 3.63) is 57.6 Å². The number of aryl methyl sites for hydroxylation is 3. The fraction of sp³-hybridized carbons (Fsp3) is 0.294. The number of ether oxygens (including phenoxy) is 1. The highest BCUT2D eigenvalue weighted by Crippen LogP contribution is 2.26. The molecule has 0 bridgehead atoms. The van der Waals surface area contributed by atoms with Crippen LogP contribution in [0.3, 0.4) is 0 Å². The Morgan fingerprint density at radius 3 is 2.45 bits per heavy atom. The van der Waals surface area contributed by atoms with Gasteiger partial charge in [0.15, 0.2) is 0 Å². The molecule has 0 saturated carbocycles. The number of halogens is 1. The van der Waals surface area contributed by atoms with Crippen LogP contribution < -0.4 is 10.5 Å². The Morgan fingerprint density at radius 1 is 1.10 bits per heavy atom. The lowest BCUT2D eigenvalue weighted by Gasteiger charge is -2.10. The molecule has 2 aromatic carbocycles. The van der Waals surface area contributed by atoms with Crippen molar-refractivity contribution >= 4 is 21.6 Å². The number of rotatable bonds is 5. The number of benzene rings is 2. The van der Waals surface area contributed by atoms with Crippen LogP contribution in [0.1, 0.15) is 23.1 Å². The van der Waals surface area contributed by atoms with E-state index in [0.717, 1.165) is 35.4 Å². The third kappa shape index (κ3) is 4.01. The second kappa shape index (κ2) is 6.80. The molecule has 0 aromatic heterocycles. The van der Waals surface area contributed by atoms with Gasteiger partial charge in [0, 0.05) is 10.2 Å². The van der Waals surface area contributed by atoms with Crippen molar-refractivity contribution in [3.63, 3.8) is 0 Å². The van der Waals surface area contributed by atoms with Gasteiger partial charge in [-0.3, -0.25) is 0 Å². The van der Waals surface area contributed by atoms with Gasteiger partial charge in [-0.1, -0.05) is 28.1 Å². The summed E-state index contributed by atoms with van der Waals surface area (Å²) in [5.41, 5.74) is 10.3. The number of nitrogens with two attached hydrogens (primary N) is 1. The van der Waals surface area contributed by atoms with Crippen molar-refractivity contribution in [3.8, 4) is 5.75 Å². The summed E-state index contributed by atoms with van der Waals surface area (Å²) in [6.07, 6.45) is 1.97. The minimum Gasteiger partial charge on any atom is -0.494 e. The van der Waals surface area contributed by atoms with Gasteiger partial charge in [0.1, 0.15) is 5.75 Å². The first-order valence-electron chi connectivity index (χ1n) is 6.80. The summed E-state index contributed by atoms with van der Waals surface area (Å²) in [5.74, 6) is 0.941. The van der Waals surface area contributed by atoms with E-state index < -0.39 is 0 Å². The molecule has 0 aliphatic heterocycles. The molecule has 0 atom stereocenters. The molecule has 2 rings (SSSR count). The second-order valence-electron chi connectivity index (χ2n) is 5.07. The van der Waals surface area contributed by atoms with Crippen molar-refractivity contribution in [2.45, 2.75) is 26.7 Å². The fourth-order valence-electron chi connectivity index (χ4n) is 2.20. The normalized spacial score (nSPS) is 10.6. The van der Waals surface area contributed by atoms with Gasteiger partial charge in [0.2, 0.25) is 0 Å². The summed E-state index contributed by atoms with van der Waals surface area (Å²) in [7, 11) is 0. The molecule has 2 aromatic rings. The Labute approximate surface area is 129 Å². The van der Waals surface area contributed by atoms with Crippen molar-refractivity contribution in [1.29, 1.82) is 0 Å². The number of hydrogen-bond donors (Lipinski definition) is 1. The van der Waals surface area contributed by atoms with Crippen LogP contribution in [0.15, 0.2) is 40.9 Å². The molecule has 0 unspecified atom stereocenters. The molecule has 2 N–H and O–H groups in total. The highest BCUT2D eigenvalue weighted by molar-refractivity contribution is 9.10. The zero-order chi connectivity index (χ0) is 14.5. The van der Waals surface area contributed by atoms with Crippen LogP contribution in [0.4, 0.5) is 5.69 Å². The molecule has 0 amide bonds. The molecule has 2 nitrogen and oxygen atoms in total. The van der Waals surface area contributed by atoms with Crippen LogP contribution in [0.25, 0.3) is 0 Å². The molecule has 106 valence electrons. The van der Waals surface area contributed by atoms with E-state index in [1.165, 1.54) is 16.7 Å². The molecular formula is C17H20BrNO. The summed E-state index contributed by atoms with van der Waals surface area (Å²) < 4.78 is 6.98. The van der Waals surface area contributed by atoms with Crippen LogP contribution in [0.5, 0.6) is 5.75 Å². The Hall–Kier alpha value is -1.48. The predicted octanol–water partition coefficient (Wildman–Crippen LogP) is 4.66. The molecule has 0 aliphatic carbocycles. The summed E-state index contributed by atoms with van der Waals surface area (Å²) in [6, 6.07) is 12.2. The SMILES string of the molecule is Cc1cc(OCCCc2cccc(N)c2)cc(C)c1Br. The number of nitrogen functional groups attached to an aromatic ring is 1. The van der Waals surface area contributed by atoms with Gasteiger partial charge in [-0.05, 0) is 67.6 Å². The monoisotopic (exact) mass is 333 g/mol. The van der Waals surface area contributed by atoms with Gasteiger partial charge in [-0.15, -0.1) is 0 Å². The first kappa shape index (κ1) is 14.9. The van der Waals surface area contributed by atoms with Gasteiger partial charge in [-0.25, -0.2) is 0 Å². The highest BCUT2D eigenvalue weighted by atomic mass is 79.9. The molecule has 0 heterocycles. The summed E-state index contributed by atoms with van der Waals surface area (Å²) in [5, 5.41) is 0. The maximum absolute atomic E-state index is 5.82. The molecule has 0 radical (unpaired) electrons. The second-order valence-corrected chi connectivity index (χ2v) is 5.86. The van der Waals surface area contributed by atoms with E-state index in [4.69, 9.17) is 10.5 Å². The third-order valence-corrected chi connectivity index (χ3v) is 4.49. The molecule has 3 heteroatoms. The average Bonchev–Trinajstić information content (AvgIpc) is 2.41. The van der Waals surface area contributed by atoms with Crippen molar-refractivity contribution < 1.29 is 4.74 Å². The van der Waals surface area contributed by atoms with Gasteiger partial charge in [-0.2, -0.15) is 0 Å². The van der Waals surface area contributed by atoms with Crippen LogP contribution in [0.2, 0.25) is 0 Å². The molecule has 0 spiro atoms. The largest absolute Gasteiger partial charge is 0.494 e. The zero-order valence-electron chi connectivity index (χ0n) is 11.9. The van der Waals surface area contributed by atoms with Crippen LogP contribution in [-0.2, 0) is 6.42 Å². The average molecular weight is 334 g/mol. The van der Waals surface area contributed by atoms with E-state index >= 15 is 0 Å². The molecule has 20 heavy (non-hydrogen) atoms. The minimum absolute atomic E-state index is 0.718. The van der Waals surface area contributed by atoms with Crippen molar-refractivity contribution in [1.82, 2.24) is 0 Å². The van der Waals surface area contributed by atoms with E-state index in [2.05, 4.69) is 48.0 Å². The lowest BCUT2D eigenvalue weighted by atomic mass is 10.1. The molecule has 0 saturated heterocycles. The predicted molar refractivity (Wildman–Crippen MR) is 88.3 cm³/mol. The van der Waals surface area contributed by atoms with E-state index in [-0.39, 0.29) is 0 Å². The van der Waals surface area contributed by atoms with Gasteiger partial charge >= 0.3 is 0 Å². The van der Waals surface area contributed by atoms with E-state index in [9.17, 15) is 0 Å². The maximum atomic E-state index is 5.82. The molecular weight excluding hydrogens is 314 g/mol. The standard InChI is InChI=1S/C17H20BrNO/c1-12-9-16(10-13(2)17(12)18)20-8-4-6-14-5-3-7-15(19)11-14/h3,5,7,9-11H,4,6,8,19H2,1-2H3. The lowest BCUT2D eigenvalue weighted by molar-refractivity contribution is 0.310. The first-order chi connectivity index (χ1) is 9.56. The van der Waals surface area contributed by atoms with E-state index in [1.54, 1.807) is 0 Å². The van der Waals surface area contributed by atoms with E-state index in [1.807, 2.05) is 18.2 Å². The lowest BCUT2D eigenvalue weighted by Crippen LogP contribution is -2.00. The maximum Gasteiger partial charge on any atom is 0.119 e. The van der Waals surface area contributed by atoms with Gasteiger partial charge in [0.25, 0.3) is 0 Å². The van der Waals surface area contributed by atoms with Crippen molar-refractivity contribution in [2.24, 2.45) is 0 Å². The van der Waals surface area contributed by atoms with E-state index in [0.29, 0.717) is 0 Å². The Morgan fingerprint density at radius 2 is 1.80 bits per heavy atom. The Balaban J connectivity index is 1.84. The fourth-order valence-corrected chi connectivity index (χ4v) is 2.43. The molecule has 0 aliphatic rings.